The molecule has 0 aliphatic rings. The van der Waals surface area contributed by atoms with Gasteiger partial charge in [0.05, 0.1) is 18.4 Å². The second-order valence-electron chi connectivity index (χ2n) is 7.57. The lowest BCUT2D eigenvalue weighted by Gasteiger charge is -2.19. The van der Waals surface area contributed by atoms with Crippen LogP contribution in [-0.2, 0) is 4.84 Å². The van der Waals surface area contributed by atoms with E-state index in [9.17, 15) is 0 Å². The minimum Gasteiger partial charge on any atom is -0.494 e. The molecule has 0 spiro atoms. The number of oxime groups is 1. The molecule has 0 bridgehead atoms. The predicted molar refractivity (Wildman–Crippen MR) is 127 cm³/mol. The van der Waals surface area contributed by atoms with Gasteiger partial charge in [-0.1, -0.05) is 17.3 Å². The first-order valence-electron chi connectivity index (χ1n) is 10.8. The Morgan fingerprint density at radius 2 is 1.71 bits per heavy atom. The van der Waals surface area contributed by atoms with Crippen LogP contribution in [0.1, 0.15) is 50.3 Å². The van der Waals surface area contributed by atoms with Crippen molar-refractivity contribution in [2.75, 3.05) is 20.3 Å². The third-order valence-electron chi connectivity index (χ3n) is 4.86. The minimum atomic E-state index is 0.103. The van der Waals surface area contributed by atoms with Crippen molar-refractivity contribution in [1.29, 1.82) is 0 Å². The number of aryl methyl sites for hydroxylation is 2. The maximum absolute atomic E-state index is 6.22. The van der Waals surface area contributed by atoms with Gasteiger partial charge >= 0.3 is 0 Å². The van der Waals surface area contributed by atoms with Crippen LogP contribution in [0, 0.1) is 13.8 Å². The van der Waals surface area contributed by atoms with E-state index in [1.165, 1.54) is 0 Å². The molecule has 2 rings (SSSR count). The van der Waals surface area contributed by atoms with Gasteiger partial charge in [-0.3, -0.25) is 0 Å². The molecule has 0 heterocycles. The van der Waals surface area contributed by atoms with E-state index in [0.717, 1.165) is 52.5 Å². The number of nitrogens with zero attached hydrogens (tertiary/aromatic N) is 1. The Balaban J connectivity index is 1.79. The van der Waals surface area contributed by atoms with Crippen LogP contribution in [-0.4, -0.2) is 32.1 Å². The molecular weight excluding hydrogens is 390 g/mol. The van der Waals surface area contributed by atoms with Crippen molar-refractivity contribution in [3.63, 3.8) is 0 Å². The van der Waals surface area contributed by atoms with E-state index < -0.39 is 0 Å². The van der Waals surface area contributed by atoms with E-state index in [4.69, 9.17) is 19.0 Å². The van der Waals surface area contributed by atoms with Gasteiger partial charge in [0, 0.05) is 0 Å². The lowest BCUT2D eigenvalue weighted by Crippen LogP contribution is -2.14. The number of hydrogen-bond donors (Lipinski definition) is 0. The average Bonchev–Trinajstić information content (AvgIpc) is 2.74. The van der Waals surface area contributed by atoms with Gasteiger partial charge in [0.15, 0.2) is 0 Å². The Bertz CT molecular complexity index is 848. The van der Waals surface area contributed by atoms with Crippen LogP contribution in [0.3, 0.4) is 0 Å². The van der Waals surface area contributed by atoms with Crippen molar-refractivity contribution >= 4 is 5.71 Å². The summed E-state index contributed by atoms with van der Waals surface area (Å²) in [6.07, 6.45) is 5.90. The highest BCUT2D eigenvalue weighted by atomic mass is 16.6. The molecule has 1 atom stereocenters. The van der Waals surface area contributed by atoms with E-state index in [0.29, 0.717) is 13.2 Å². The summed E-state index contributed by atoms with van der Waals surface area (Å²) in [5, 5.41) is 3.94. The van der Waals surface area contributed by atoms with Crippen molar-refractivity contribution in [1.82, 2.24) is 0 Å². The highest BCUT2D eigenvalue weighted by Crippen LogP contribution is 2.30. The molecule has 31 heavy (non-hydrogen) atoms. The first-order chi connectivity index (χ1) is 14.9. The molecule has 0 amide bonds. The van der Waals surface area contributed by atoms with Crippen LogP contribution in [0.15, 0.2) is 53.7 Å². The van der Waals surface area contributed by atoms with Gasteiger partial charge in [0.1, 0.15) is 31.0 Å². The quantitative estimate of drug-likeness (QED) is 0.174. The zero-order valence-electron chi connectivity index (χ0n) is 19.6. The van der Waals surface area contributed by atoms with E-state index in [-0.39, 0.29) is 6.10 Å². The lowest BCUT2D eigenvalue weighted by atomic mass is 10.1. The average molecular weight is 426 g/mol. The van der Waals surface area contributed by atoms with Gasteiger partial charge in [-0.05, 0) is 101 Å². The van der Waals surface area contributed by atoms with Crippen LogP contribution < -0.4 is 14.2 Å². The molecule has 5 heteroatoms. The smallest absolute Gasteiger partial charge is 0.125 e. The summed E-state index contributed by atoms with van der Waals surface area (Å²) < 4.78 is 17.8. The third kappa shape index (κ3) is 8.00. The zero-order valence-corrected chi connectivity index (χ0v) is 19.6. The van der Waals surface area contributed by atoms with Gasteiger partial charge in [0.25, 0.3) is 0 Å². The van der Waals surface area contributed by atoms with Gasteiger partial charge in [-0.15, -0.1) is 0 Å². The van der Waals surface area contributed by atoms with Crippen molar-refractivity contribution in [3.8, 4) is 17.2 Å². The van der Waals surface area contributed by atoms with Crippen molar-refractivity contribution in [3.05, 3.63) is 65.2 Å². The Labute approximate surface area is 186 Å². The van der Waals surface area contributed by atoms with Crippen molar-refractivity contribution < 1.29 is 19.0 Å². The van der Waals surface area contributed by atoms with Gasteiger partial charge < -0.3 is 19.0 Å². The second-order valence-corrected chi connectivity index (χ2v) is 7.57. The maximum atomic E-state index is 6.22. The molecule has 0 fully saturated rings. The molecular formula is C26H35NO4. The summed E-state index contributed by atoms with van der Waals surface area (Å²) in [6.45, 7) is 11.3. The fraction of sp³-hybridized carbons (Fsp3) is 0.423. The van der Waals surface area contributed by atoms with Crippen molar-refractivity contribution in [2.24, 2.45) is 5.16 Å². The van der Waals surface area contributed by atoms with E-state index >= 15 is 0 Å². The van der Waals surface area contributed by atoms with Crippen LogP contribution >= 0.6 is 0 Å². The fourth-order valence-corrected chi connectivity index (χ4v) is 3.22. The first-order valence-corrected chi connectivity index (χ1v) is 10.8. The van der Waals surface area contributed by atoms with Crippen molar-refractivity contribution in [2.45, 2.75) is 53.6 Å². The van der Waals surface area contributed by atoms with Gasteiger partial charge in [0.2, 0.25) is 0 Å². The monoisotopic (exact) mass is 425 g/mol. The fourth-order valence-electron chi connectivity index (χ4n) is 3.22. The molecule has 5 nitrogen and oxygen atoms in total. The van der Waals surface area contributed by atoms with E-state index in [1.54, 1.807) is 7.11 Å². The SMILES string of the molecule is C/C=C/COc1cc(C)c(OC(C)CCCOc2ccc(/C(C)=N/OC)cc2)c(C)c1. The van der Waals surface area contributed by atoms with E-state index in [2.05, 4.69) is 25.9 Å². The summed E-state index contributed by atoms with van der Waals surface area (Å²) in [5.41, 5.74) is 4.03. The molecule has 1 unspecified atom stereocenters. The highest BCUT2D eigenvalue weighted by molar-refractivity contribution is 5.98. The third-order valence-corrected chi connectivity index (χ3v) is 4.86. The normalized spacial score (nSPS) is 12.6. The molecule has 0 saturated carbocycles. The molecule has 0 aromatic heterocycles. The Morgan fingerprint density at radius 3 is 2.32 bits per heavy atom. The Morgan fingerprint density at radius 1 is 1.03 bits per heavy atom. The predicted octanol–water partition coefficient (Wildman–Crippen LogP) is 6.26. The second kappa shape index (κ2) is 12.7. The summed E-state index contributed by atoms with van der Waals surface area (Å²) >= 11 is 0. The number of hydrogen-bond acceptors (Lipinski definition) is 5. The van der Waals surface area contributed by atoms with Crippen LogP contribution in [0.4, 0.5) is 0 Å². The standard InChI is InChI=1S/C26H35NO4/c1-7-8-15-30-25-17-19(2)26(20(3)18-25)31-21(4)10-9-16-29-24-13-11-23(12-14-24)22(5)27-28-6/h7-8,11-14,17-18,21H,9-10,15-16H2,1-6H3/b8-7+,27-22+. The maximum Gasteiger partial charge on any atom is 0.125 e. The number of allylic oxidation sites excluding steroid dienone is 1. The summed E-state index contributed by atoms with van der Waals surface area (Å²) in [7, 11) is 1.55. The highest BCUT2D eigenvalue weighted by Gasteiger charge is 2.11. The van der Waals surface area contributed by atoms with Crippen LogP contribution in [0.5, 0.6) is 17.2 Å². The molecule has 168 valence electrons. The zero-order chi connectivity index (χ0) is 22.6. The Hall–Kier alpha value is -2.95. The topological polar surface area (TPSA) is 49.3 Å². The Kier molecular flexibility index (Phi) is 9.95. The number of rotatable bonds is 12. The van der Waals surface area contributed by atoms with Crippen LogP contribution in [0.25, 0.3) is 0 Å². The van der Waals surface area contributed by atoms with Gasteiger partial charge in [-0.25, -0.2) is 0 Å². The first kappa shape index (κ1) is 24.3. The summed E-state index contributed by atoms with van der Waals surface area (Å²) in [6, 6.07) is 11.9. The van der Waals surface area contributed by atoms with E-state index in [1.807, 2.05) is 62.4 Å². The molecule has 2 aromatic rings. The summed E-state index contributed by atoms with van der Waals surface area (Å²) in [5.74, 6) is 2.66. The number of benzene rings is 2. The molecule has 0 N–H and O–H groups in total. The molecule has 0 saturated heterocycles. The van der Waals surface area contributed by atoms with Crippen LogP contribution in [0.2, 0.25) is 0 Å². The van der Waals surface area contributed by atoms with Gasteiger partial charge in [-0.2, -0.15) is 0 Å². The molecule has 2 aromatic carbocycles. The number of ether oxygens (including phenoxy) is 3. The molecule has 0 aliphatic heterocycles. The largest absolute Gasteiger partial charge is 0.494 e. The molecule has 0 radical (unpaired) electrons. The summed E-state index contributed by atoms with van der Waals surface area (Å²) in [4.78, 5) is 4.81. The lowest BCUT2D eigenvalue weighted by molar-refractivity contribution is 0.191. The minimum absolute atomic E-state index is 0.103. The molecule has 0 aliphatic carbocycles.